The van der Waals surface area contributed by atoms with Crippen molar-refractivity contribution in [1.82, 2.24) is 5.32 Å². The number of carboxylic acid groups (broad SMARTS) is 1. The van der Waals surface area contributed by atoms with Crippen molar-refractivity contribution in [3.8, 4) is 0 Å². The lowest BCUT2D eigenvalue weighted by molar-refractivity contribution is -0.140. The zero-order valence-corrected chi connectivity index (χ0v) is 18.5. The highest BCUT2D eigenvalue weighted by Gasteiger charge is 2.23. The van der Waals surface area contributed by atoms with Crippen LogP contribution in [0.1, 0.15) is 76.1 Å². The molecular weight excluding hydrogens is 378 g/mol. The second-order valence-corrected chi connectivity index (χ2v) is 10.3. The van der Waals surface area contributed by atoms with E-state index in [4.69, 9.17) is 4.55 Å². The lowest BCUT2D eigenvalue weighted by Gasteiger charge is -2.25. The van der Waals surface area contributed by atoms with Crippen LogP contribution >= 0.6 is 0 Å². The monoisotopic (exact) mass is 413 g/mol. The quantitative estimate of drug-likeness (QED) is 0.609. The number of fused-ring (bicyclic) bond motifs is 1. The van der Waals surface area contributed by atoms with Gasteiger partial charge in [0.2, 0.25) is 0 Å². The SMILES string of the molecule is CS(=O)(=O)O.C[C@@H](NC(CCC(C)(C)C)C(=O)O)c1ccc2c(c1)CCCC2. The molecule has 1 aromatic rings. The fourth-order valence-electron chi connectivity index (χ4n) is 3.28. The molecular formula is C21H35NO5S. The molecule has 2 rings (SSSR count). The summed E-state index contributed by atoms with van der Waals surface area (Å²) in [5.74, 6) is -0.751. The Morgan fingerprint density at radius 3 is 2.21 bits per heavy atom. The van der Waals surface area contributed by atoms with Crippen LogP contribution in [-0.4, -0.2) is 36.3 Å². The maximum absolute atomic E-state index is 11.6. The van der Waals surface area contributed by atoms with Crippen molar-refractivity contribution in [2.45, 2.75) is 78.3 Å². The standard InChI is InChI=1S/C20H31NO2.CH4O3S/c1-14(21-18(19(22)23)11-12-20(2,3)4)16-10-9-15-7-5-6-8-17(15)13-16;1-5(2,3)4/h9-10,13-14,18,21H,5-8,11-12H2,1-4H3,(H,22,23);1H3,(H,2,3,4)/t14-,18?;/m1./s1. The molecule has 6 nitrogen and oxygen atoms in total. The fourth-order valence-corrected chi connectivity index (χ4v) is 3.28. The Morgan fingerprint density at radius 1 is 1.18 bits per heavy atom. The highest BCUT2D eigenvalue weighted by Crippen LogP contribution is 2.26. The normalized spacial score (nSPS) is 16.4. The van der Waals surface area contributed by atoms with E-state index in [2.05, 4.69) is 51.2 Å². The van der Waals surface area contributed by atoms with Gasteiger partial charge in [0.15, 0.2) is 0 Å². The predicted molar refractivity (Wildman–Crippen MR) is 112 cm³/mol. The Labute approximate surface area is 169 Å². The zero-order chi connectivity index (χ0) is 21.5. The molecule has 2 atom stereocenters. The van der Waals surface area contributed by atoms with E-state index in [1.165, 1.54) is 36.0 Å². The summed E-state index contributed by atoms with van der Waals surface area (Å²) in [4.78, 5) is 11.6. The largest absolute Gasteiger partial charge is 0.480 e. The van der Waals surface area contributed by atoms with Crippen LogP contribution in [0, 0.1) is 5.41 Å². The zero-order valence-electron chi connectivity index (χ0n) is 17.7. The molecule has 1 aliphatic carbocycles. The second kappa shape index (κ2) is 10.4. The van der Waals surface area contributed by atoms with Crippen molar-refractivity contribution < 1.29 is 22.9 Å². The van der Waals surface area contributed by atoms with Crippen molar-refractivity contribution in [2.75, 3.05) is 6.26 Å². The number of aryl methyl sites for hydroxylation is 2. The van der Waals surface area contributed by atoms with Gasteiger partial charge >= 0.3 is 5.97 Å². The number of benzene rings is 1. The molecule has 0 aromatic heterocycles. The van der Waals surface area contributed by atoms with Crippen molar-refractivity contribution in [3.63, 3.8) is 0 Å². The molecule has 1 aliphatic rings. The van der Waals surface area contributed by atoms with Crippen molar-refractivity contribution in [2.24, 2.45) is 5.41 Å². The van der Waals surface area contributed by atoms with Gasteiger partial charge in [-0.3, -0.25) is 14.7 Å². The van der Waals surface area contributed by atoms with Gasteiger partial charge in [-0.05, 0) is 67.6 Å². The van der Waals surface area contributed by atoms with E-state index >= 15 is 0 Å². The molecule has 1 aromatic carbocycles. The highest BCUT2D eigenvalue weighted by molar-refractivity contribution is 7.85. The van der Waals surface area contributed by atoms with E-state index in [0.717, 1.165) is 12.8 Å². The maximum Gasteiger partial charge on any atom is 0.320 e. The van der Waals surface area contributed by atoms with Gasteiger partial charge in [-0.25, -0.2) is 0 Å². The Bertz CT molecular complexity index is 745. The van der Waals surface area contributed by atoms with Crippen LogP contribution in [0.4, 0.5) is 0 Å². The predicted octanol–water partition coefficient (Wildman–Crippen LogP) is 4.00. The minimum atomic E-state index is -3.67. The minimum absolute atomic E-state index is 0.0586. The maximum atomic E-state index is 11.6. The van der Waals surface area contributed by atoms with E-state index in [9.17, 15) is 18.3 Å². The summed E-state index contributed by atoms with van der Waals surface area (Å²) in [5, 5.41) is 12.8. The van der Waals surface area contributed by atoms with Gasteiger partial charge in [0, 0.05) is 6.04 Å². The van der Waals surface area contributed by atoms with Gasteiger partial charge in [-0.2, -0.15) is 8.42 Å². The summed E-state index contributed by atoms with van der Waals surface area (Å²) in [6, 6.07) is 6.23. The topological polar surface area (TPSA) is 104 Å². The van der Waals surface area contributed by atoms with Gasteiger partial charge in [0.05, 0.1) is 6.26 Å². The average Bonchev–Trinajstić information content (AvgIpc) is 2.55. The highest BCUT2D eigenvalue weighted by atomic mass is 32.2. The first-order valence-electron chi connectivity index (χ1n) is 9.79. The van der Waals surface area contributed by atoms with Crippen LogP contribution in [0.2, 0.25) is 0 Å². The lowest BCUT2D eigenvalue weighted by Crippen LogP contribution is -2.39. The van der Waals surface area contributed by atoms with Crippen molar-refractivity contribution in [1.29, 1.82) is 0 Å². The van der Waals surface area contributed by atoms with Gasteiger partial charge in [-0.15, -0.1) is 0 Å². The Balaban J connectivity index is 0.000000696. The third-order valence-electron chi connectivity index (χ3n) is 4.80. The molecule has 1 unspecified atom stereocenters. The van der Waals surface area contributed by atoms with Gasteiger partial charge in [-0.1, -0.05) is 39.0 Å². The number of nitrogens with one attached hydrogen (secondary N) is 1. The molecule has 0 radical (unpaired) electrons. The minimum Gasteiger partial charge on any atom is -0.480 e. The third-order valence-corrected chi connectivity index (χ3v) is 4.80. The molecule has 0 saturated carbocycles. The smallest absolute Gasteiger partial charge is 0.320 e. The summed E-state index contributed by atoms with van der Waals surface area (Å²) in [7, 11) is -3.67. The summed E-state index contributed by atoms with van der Waals surface area (Å²) in [5.41, 5.74) is 4.27. The van der Waals surface area contributed by atoms with Crippen molar-refractivity contribution >= 4 is 16.1 Å². The Morgan fingerprint density at radius 2 is 1.71 bits per heavy atom. The van der Waals surface area contributed by atoms with E-state index in [1.54, 1.807) is 0 Å². The van der Waals surface area contributed by atoms with Gasteiger partial charge < -0.3 is 5.11 Å². The molecule has 0 amide bonds. The van der Waals surface area contributed by atoms with E-state index in [0.29, 0.717) is 12.7 Å². The first kappa shape index (κ1) is 24.6. The molecule has 0 fully saturated rings. The van der Waals surface area contributed by atoms with Crippen LogP contribution in [0.5, 0.6) is 0 Å². The lowest BCUT2D eigenvalue weighted by atomic mass is 9.88. The summed E-state index contributed by atoms with van der Waals surface area (Å²) < 4.78 is 25.9. The third kappa shape index (κ3) is 10.2. The van der Waals surface area contributed by atoms with Crippen LogP contribution in [0.25, 0.3) is 0 Å². The molecule has 0 aliphatic heterocycles. The van der Waals surface area contributed by atoms with Crippen LogP contribution in [-0.2, 0) is 27.8 Å². The molecule has 0 bridgehead atoms. The number of aliphatic carboxylic acids is 1. The average molecular weight is 414 g/mol. The van der Waals surface area contributed by atoms with E-state index < -0.39 is 22.1 Å². The number of carbonyl (C=O) groups is 1. The fraction of sp³-hybridized carbons (Fsp3) is 0.667. The first-order valence-corrected chi connectivity index (χ1v) is 11.6. The molecule has 0 spiro atoms. The number of carboxylic acids is 1. The molecule has 3 N–H and O–H groups in total. The second-order valence-electron chi connectivity index (χ2n) is 8.85. The summed E-state index contributed by atoms with van der Waals surface area (Å²) in [6.07, 6.45) is 7.16. The molecule has 7 heteroatoms. The first-order chi connectivity index (χ1) is 12.8. The summed E-state index contributed by atoms with van der Waals surface area (Å²) >= 11 is 0. The Hall–Kier alpha value is -1.44. The Kier molecular flexibility index (Phi) is 9.11. The molecule has 0 heterocycles. The number of hydrogen-bond acceptors (Lipinski definition) is 4. The summed E-state index contributed by atoms with van der Waals surface area (Å²) in [6.45, 7) is 8.52. The van der Waals surface area contributed by atoms with E-state index in [1.807, 2.05) is 0 Å². The van der Waals surface area contributed by atoms with Gasteiger partial charge in [0.25, 0.3) is 10.1 Å². The van der Waals surface area contributed by atoms with Crippen LogP contribution in [0.3, 0.4) is 0 Å². The molecule has 160 valence electrons. The number of hydrogen-bond donors (Lipinski definition) is 3. The van der Waals surface area contributed by atoms with Crippen LogP contribution in [0.15, 0.2) is 18.2 Å². The van der Waals surface area contributed by atoms with Crippen LogP contribution < -0.4 is 5.32 Å². The van der Waals surface area contributed by atoms with Crippen molar-refractivity contribution in [3.05, 3.63) is 34.9 Å². The number of rotatable bonds is 6. The molecule has 0 saturated heterocycles. The van der Waals surface area contributed by atoms with E-state index in [-0.39, 0.29) is 11.5 Å². The van der Waals surface area contributed by atoms with Gasteiger partial charge in [0.1, 0.15) is 6.04 Å². The molecule has 28 heavy (non-hydrogen) atoms.